The molecule has 0 radical (unpaired) electrons. The summed E-state index contributed by atoms with van der Waals surface area (Å²) in [6, 6.07) is 18.6. The number of nitrogens with zero attached hydrogens (tertiary/aromatic N) is 8. The van der Waals surface area contributed by atoms with Crippen molar-refractivity contribution in [2.75, 3.05) is 14.2 Å². The first-order valence-corrected chi connectivity index (χ1v) is 22.8. The van der Waals surface area contributed by atoms with Crippen LogP contribution < -0.4 is 9.47 Å². The highest BCUT2D eigenvalue weighted by atomic mass is 32.1. The molecule has 0 aliphatic heterocycles. The Labute approximate surface area is 384 Å². The van der Waals surface area contributed by atoms with Gasteiger partial charge in [0.1, 0.15) is 32.8 Å². The third-order valence-corrected chi connectivity index (χ3v) is 14.0. The van der Waals surface area contributed by atoms with Crippen LogP contribution in [0.5, 0.6) is 11.8 Å². The van der Waals surface area contributed by atoms with E-state index in [1.54, 1.807) is 73.8 Å². The molecule has 8 aromatic rings. The van der Waals surface area contributed by atoms with Crippen molar-refractivity contribution in [3.05, 3.63) is 153 Å². The lowest BCUT2D eigenvalue weighted by molar-refractivity contribution is -0.138. The van der Waals surface area contributed by atoms with Gasteiger partial charge in [0.05, 0.1) is 60.8 Å². The Hall–Kier alpha value is -6.40. The van der Waals surface area contributed by atoms with Crippen LogP contribution in [0.4, 0.5) is 26.3 Å². The zero-order valence-electron chi connectivity index (χ0n) is 36.1. The van der Waals surface area contributed by atoms with Gasteiger partial charge in [-0.05, 0) is 112 Å². The second-order valence-corrected chi connectivity index (χ2v) is 18.2. The van der Waals surface area contributed by atoms with E-state index in [1.807, 2.05) is 59.6 Å². The van der Waals surface area contributed by atoms with E-state index in [0.29, 0.717) is 23.1 Å². The first-order chi connectivity index (χ1) is 31.7. The largest absolute Gasteiger partial charge is 0.479 e. The van der Waals surface area contributed by atoms with Crippen LogP contribution >= 0.6 is 22.7 Å². The van der Waals surface area contributed by atoms with Gasteiger partial charge in [0.15, 0.2) is 0 Å². The molecule has 10 rings (SSSR count). The van der Waals surface area contributed by atoms with Crippen LogP contribution in [0.15, 0.2) is 97.8 Å². The van der Waals surface area contributed by atoms with Gasteiger partial charge in [-0.1, -0.05) is 24.3 Å². The molecule has 0 spiro atoms. The number of halogens is 6. The van der Waals surface area contributed by atoms with Crippen LogP contribution in [0.1, 0.15) is 92.3 Å². The fraction of sp³-hybridized carbons (Fsp3) is 0.292. The van der Waals surface area contributed by atoms with E-state index in [4.69, 9.17) is 19.4 Å². The number of methoxy groups -OCH3 is 2. The van der Waals surface area contributed by atoms with Crippen molar-refractivity contribution in [1.29, 1.82) is 0 Å². The summed E-state index contributed by atoms with van der Waals surface area (Å²) in [5, 5.41) is 1.57. The molecule has 0 bridgehead atoms. The zero-order chi connectivity index (χ0) is 46.3. The second kappa shape index (κ2) is 18.1. The molecule has 0 saturated carbocycles. The van der Waals surface area contributed by atoms with Gasteiger partial charge in [-0.3, -0.25) is 0 Å². The maximum atomic E-state index is 13.0. The van der Waals surface area contributed by atoms with Crippen molar-refractivity contribution in [2.45, 2.75) is 76.6 Å². The first-order valence-electron chi connectivity index (χ1n) is 21.1. The number of thiazole rings is 2. The summed E-state index contributed by atoms with van der Waals surface area (Å²) in [6.07, 6.45) is 4.02. The molecular formula is C48H42F6N8O2S2. The normalized spacial score (nSPS) is 16.0. The van der Waals surface area contributed by atoms with E-state index in [1.165, 1.54) is 0 Å². The molecule has 2 aliphatic rings. The molecule has 6 aromatic heterocycles. The van der Waals surface area contributed by atoms with Crippen LogP contribution in [0.2, 0.25) is 0 Å². The lowest BCUT2D eigenvalue weighted by Gasteiger charge is -2.22. The van der Waals surface area contributed by atoms with Gasteiger partial charge in [-0.25, -0.2) is 29.9 Å². The first kappa shape index (κ1) is 44.8. The molecule has 0 fully saturated rings. The summed E-state index contributed by atoms with van der Waals surface area (Å²) in [5.41, 5.74) is 7.09. The van der Waals surface area contributed by atoms with Crippen molar-refractivity contribution in [1.82, 2.24) is 39.0 Å². The van der Waals surface area contributed by atoms with E-state index < -0.39 is 23.5 Å². The average Bonchev–Trinajstić information content (AvgIpc) is 4.15. The quantitative estimate of drug-likeness (QED) is 0.139. The molecule has 6 heterocycles. The fourth-order valence-corrected chi connectivity index (χ4v) is 10.7. The highest BCUT2D eigenvalue weighted by molar-refractivity contribution is 7.15. The maximum absolute atomic E-state index is 13.0. The van der Waals surface area contributed by atoms with Gasteiger partial charge in [0.2, 0.25) is 11.8 Å². The van der Waals surface area contributed by atoms with Gasteiger partial charge in [0.25, 0.3) is 0 Å². The number of imidazole rings is 2. The average molecular weight is 941 g/mol. The summed E-state index contributed by atoms with van der Waals surface area (Å²) in [6.45, 7) is 3.83. The predicted molar refractivity (Wildman–Crippen MR) is 240 cm³/mol. The molecule has 0 saturated heterocycles. The van der Waals surface area contributed by atoms with Gasteiger partial charge < -0.3 is 18.6 Å². The molecule has 2 aromatic carbocycles. The lowest BCUT2D eigenvalue weighted by Crippen LogP contribution is -2.11. The van der Waals surface area contributed by atoms with Crippen LogP contribution in [0.25, 0.3) is 32.8 Å². The van der Waals surface area contributed by atoms with Crippen LogP contribution in [-0.2, 0) is 25.2 Å². The van der Waals surface area contributed by atoms with Crippen molar-refractivity contribution < 1.29 is 35.8 Å². The Morgan fingerprint density at radius 3 is 1.27 bits per heavy atom. The van der Waals surface area contributed by atoms with E-state index >= 15 is 0 Å². The maximum Gasteiger partial charge on any atom is 0.416 e. The van der Waals surface area contributed by atoms with Crippen molar-refractivity contribution in [3.63, 3.8) is 0 Å². The minimum absolute atomic E-state index is 0.0175. The zero-order valence-corrected chi connectivity index (χ0v) is 37.7. The van der Waals surface area contributed by atoms with Gasteiger partial charge in [-0.15, -0.1) is 22.7 Å². The minimum Gasteiger partial charge on any atom is -0.479 e. The summed E-state index contributed by atoms with van der Waals surface area (Å²) in [5.74, 6) is 0.905. The van der Waals surface area contributed by atoms with Crippen molar-refractivity contribution >= 4 is 22.7 Å². The molecule has 2 aliphatic carbocycles. The Balaban J connectivity index is 0.000000166. The number of hydrogen-bond acceptors (Lipinski definition) is 10. The highest BCUT2D eigenvalue weighted by Gasteiger charge is 2.33. The second-order valence-electron chi connectivity index (χ2n) is 16.1. The molecule has 0 amide bonds. The van der Waals surface area contributed by atoms with Crippen LogP contribution in [-0.4, -0.2) is 53.3 Å². The number of aryl methyl sites for hydroxylation is 4. The summed E-state index contributed by atoms with van der Waals surface area (Å²) in [4.78, 5) is 30.0. The minimum atomic E-state index is -4.34. The van der Waals surface area contributed by atoms with Crippen molar-refractivity contribution in [3.8, 4) is 44.5 Å². The number of hydrogen-bond donors (Lipinski definition) is 0. The third kappa shape index (κ3) is 9.20. The smallest absolute Gasteiger partial charge is 0.416 e. The third-order valence-electron chi connectivity index (χ3n) is 11.7. The number of pyridine rings is 2. The summed E-state index contributed by atoms with van der Waals surface area (Å²) >= 11 is 3.18. The van der Waals surface area contributed by atoms with Crippen molar-refractivity contribution in [2.24, 2.45) is 0 Å². The number of aromatic nitrogens is 8. The standard InChI is InChI=1S/2C24H21F3N4OS/c2*1-14-12-31(13-28-14)19-11-10-18(29-22(19)32-2)23-30-21-17(4-3-5-20(21)33-23)15-6-8-16(9-7-15)24(25,26)27/h2*6-13,17H,3-5H2,1-2H3/t2*17-/m10/s1. The fourth-order valence-electron chi connectivity index (χ4n) is 8.42. The predicted octanol–water partition coefficient (Wildman–Crippen LogP) is 12.4. The van der Waals surface area contributed by atoms with E-state index in [9.17, 15) is 26.3 Å². The molecule has 66 heavy (non-hydrogen) atoms. The number of fused-ring (bicyclic) bond motifs is 2. The highest BCUT2D eigenvalue weighted by Crippen LogP contribution is 2.44. The van der Waals surface area contributed by atoms with E-state index in [0.717, 1.165) is 128 Å². The molecule has 18 heteroatoms. The van der Waals surface area contributed by atoms with Crippen LogP contribution in [0.3, 0.4) is 0 Å². The topological polar surface area (TPSA) is 106 Å². The summed E-state index contributed by atoms with van der Waals surface area (Å²) in [7, 11) is 3.15. The Morgan fingerprint density at radius 2 is 0.939 bits per heavy atom. The number of benzene rings is 2. The molecule has 0 unspecified atom stereocenters. The molecule has 340 valence electrons. The Bertz CT molecular complexity index is 2790. The van der Waals surface area contributed by atoms with E-state index in [2.05, 4.69) is 19.9 Å². The summed E-state index contributed by atoms with van der Waals surface area (Å²) < 4.78 is 92.5. The molecule has 2 atom stereocenters. The van der Waals surface area contributed by atoms with Gasteiger partial charge in [-0.2, -0.15) is 26.3 Å². The number of alkyl halides is 6. The Morgan fingerprint density at radius 1 is 0.545 bits per heavy atom. The van der Waals surface area contributed by atoms with Crippen LogP contribution in [0, 0.1) is 13.8 Å². The molecular weight excluding hydrogens is 899 g/mol. The van der Waals surface area contributed by atoms with Gasteiger partial charge >= 0.3 is 12.4 Å². The number of ether oxygens (including phenoxy) is 2. The molecule has 10 nitrogen and oxygen atoms in total. The van der Waals surface area contributed by atoms with E-state index in [-0.39, 0.29) is 11.8 Å². The van der Waals surface area contributed by atoms with Gasteiger partial charge in [0, 0.05) is 34.0 Å². The number of rotatable bonds is 8. The lowest BCUT2D eigenvalue weighted by atomic mass is 9.85. The SMILES string of the molecule is COc1nc(-c2nc3c(s2)CCC[C@@H]3c2ccc(C(F)(F)F)cc2)ccc1-n1cnc(C)c1.COc1nc(-c2nc3c(s2)CCC[C@H]3c2ccc(C(F)(F)F)cc2)ccc1-n1cnc(C)c1. The Kier molecular flexibility index (Phi) is 12.3. The monoisotopic (exact) mass is 940 g/mol. The molecule has 0 N–H and O–H groups in total.